The minimum Gasteiger partial charge on any atom is -0.345 e. The maximum Gasteiger partial charge on any atom is 0.455 e. The predicted octanol–water partition coefficient (Wildman–Crippen LogP) is 5.50. The minimum atomic E-state index is -4.79. The van der Waals surface area contributed by atoms with E-state index in [1.54, 1.807) is 38.1 Å². The Labute approximate surface area is 259 Å². The van der Waals surface area contributed by atoms with Crippen LogP contribution < -0.4 is 10.6 Å². The summed E-state index contributed by atoms with van der Waals surface area (Å²) in [4.78, 5) is 28.0. The fourth-order valence-electron chi connectivity index (χ4n) is 4.52. The van der Waals surface area contributed by atoms with E-state index in [4.69, 9.17) is 11.6 Å². The highest BCUT2D eigenvalue weighted by molar-refractivity contribution is 6.32. The highest BCUT2D eigenvalue weighted by atomic mass is 35.5. The van der Waals surface area contributed by atoms with Crippen LogP contribution in [0.15, 0.2) is 72.8 Å². The Kier molecular flexibility index (Phi) is 8.64. The molecular formula is C30H23ClF3N9O2. The number of aromatic nitrogens is 6. The minimum absolute atomic E-state index is 0.0537. The van der Waals surface area contributed by atoms with Crippen molar-refractivity contribution in [3.63, 3.8) is 0 Å². The summed E-state index contributed by atoms with van der Waals surface area (Å²) in [6.07, 6.45) is -4.79. The van der Waals surface area contributed by atoms with Crippen molar-refractivity contribution in [2.45, 2.75) is 32.6 Å². The number of carbonyl (C=O) groups is 2. The van der Waals surface area contributed by atoms with Crippen molar-refractivity contribution in [1.82, 2.24) is 35.3 Å². The average Bonchev–Trinajstić information content (AvgIpc) is 3.66. The summed E-state index contributed by atoms with van der Waals surface area (Å²) in [5.74, 6) is -2.66. The Morgan fingerprint density at radius 1 is 1.02 bits per heavy atom. The zero-order valence-electron chi connectivity index (χ0n) is 23.7. The molecule has 0 aliphatic carbocycles. The van der Waals surface area contributed by atoms with Crippen molar-refractivity contribution < 1.29 is 22.8 Å². The van der Waals surface area contributed by atoms with E-state index in [9.17, 15) is 28.0 Å². The number of nitriles is 1. The number of anilines is 1. The van der Waals surface area contributed by atoms with Crippen molar-refractivity contribution >= 4 is 29.1 Å². The lowest BCUT2D eigenvalue weighted by Gasteiger charge is -2.18. The van der Waals surface area contributed by atoms with Gasteiger partial charge in [0.2, 0.25) is 0 Å². The Morgan fingerprint density at radius 2 is 1.73 bits per heavy atom. The summed E-state index contributed by atoms with van der Waals surface area (Å²) in [6.45, 7) is 3.10. The number of rotatable bonds is 8. The van der Waals surface area contributed by atoms with Gasteiger partial charge in [-0.25, -0.2) is 4.68 Å². The molecule has 0 aliphatic rings. The van der Waals surface area contributed by atoms with Gasteiger partial charge in [-0.2, -0.15) is 28.3 Å². The van der Waals surface area contributed by atoms with Crippen LogP contribution >= 0.6 is 11.6 Å². The van der Waals surface area contributed by atoms with Gasteiger partial charge in [0, 0.05) is 0 Å². The van der Waals surface area contributed by atoms with E-state index < -0.39 is 23.8 Å². The molecule has 1 unspecified atom stereocenters. The van der Waals surface area contributed by atoms with Gasteiger partial charge in [0.15, 0.2) is 0 Å². The van der Waals surface area contributed by atoms with E-state index in [0.29, 0.717) is 16.0 Å². The molecule has 11 nitrogen and oxygen atoms in total. The van der Waals surface area contributed by atoms with Crippen LogP contribution in [-0.2, 0) is 12.7 Å². The van der Waals surface area contributed by atoms with Crippen LogP contribution in [0.3, 0.4) is 0 Å². The number of alkyl halides is 3. The molecule has 0 spiro atoms. The third-order valence-electron chi connectivity index (χ3n) is 6.68. The van der Waals surface area contributed by atoms with E-state index in [-0.39, 0.29) is 45.8 Å². The zero-order valence-corrected chi connectivity index (χ0v) is 24.4. The van der Waals surface area contributed by atoms with Crippen molar-refractivity contribution in [3.05, 3.63) is 117 Å². The molecule has 15 heteroatoms. The second-order valence-corrected chi connectivity index (χ2v) is 10.3. The average molecular weight is 634 g/mol. The first-order valence-corrected chi connectivity index (χ1v) is 13.7. The molecule has 0 radical (unpaired) electrons. The van der Waals surface area contributed by atoms with E-state index in [2.05, 4.69) is 31.1 Å². The van der Waals surface area contributed by atoms with Crippen molar-refractivity contribution in [2.75, 3.05) is 5.32 Å². The van der Waals surface area contributed by atoms with Gasteiger partial charge in [-0.05, 0) is 60.5 Å². The molecule has 2 aromatic heterocycles. The van der Waals surface area contributed by atoms with Crippen LogP contribution in [0.5, 0.6) is 0 Å². The Hall–Kier alpha value is -5.55. The number of halogens is 4. The third-order valence-corrected chi connectivity index (χ3v) is 7.00. The summed E-state index contributed by atoms with van der Waals surface area (Å²) >= 11 is 6.40. The fourth-order valence-corrected chi connectivity index (χ4v) is 4.73. The highest BCUT2D eigenvalue weighted by Gasteiger charge is 2.37. The number of benzene rings is 3. The van der Waals surface area contributed by atoms with Crippen LogP contribution in [0.4, 0.5) is 18.9 Å². The maximum absolute atomic E-state index is 13.8. The first-order valence-electron chi connectivity index (χ1n) is 13.4. The summed E-state index contributed by atoms with van der Waals surface area (Å²) in [7, 11) is 0. The standard InChI is InChI=1S/C30H23ClF3N9O2/c1-17-12-19(15-35)13-22(27(44)36-18(2)20-8-4-3-5-9-20)26(17)37-28(45)25-14-21(16-42-40-29(38-41-42)30(32,33)34)39-43(25)24-11-7-6-10-23(24)31/h3-14,18H,16H2,1-2H3,(H,36,44)(H,37,45). The SMILES string of the molecule is Cc1cc(C#N)cc(C(=O)NC(C)c2ccccc2)c1NC(=O)c1cc(Cn2nnc(C(F)(F)F)n2)nn1-c1ccccc1Cl. The number of hydrogen-bond acceptors (Lipinski definition) is 7. The number of nitrogens with one attached hydrogen (secondary N) is 2. The first kappa shape index (κ1) is 30.9. The van der Waals surface area contributed by atoms with Crippen molar-refractivity contribution in [1.29, 1.82) is 5.26 Å². The number of carbonyl (C=O) groups excluding carboxylic acids is 2. The number of amides is 2. The molecule has 0 bridgehead atoms. The molecule has 0 fully saturated rings. The van der Waals surface area contributed by atoms with Crippen molar-refractivity contribution in [3.8, 4) is 11.8 Å². The molecule has 2 amide bonds. The number of para-hydroxylation sites is 1. The first-order chi connectivity index (χ1) is 21.4. The van der Waals surface area contributed by atoms with E-state index in [1.807, 2.05) is 36.4 Å². The van der Waals surface area contributed by atoms with Crippen LogP contribution in [-0.4, -0.2) is 41.8 Å². The van der Waals surface area contributed by atoms with Gasteiger partial charge in [0.25, 0.3) is 17.6 Å². The van der Waals surface area contributed by atoms with Gasteiger partial charge in [-0.3, -0.25) is 9.59 Å². The second-order valence-electron chi connectivity index (χ2n) is 9.91. The molecule has 5 rings (SSSR count). The Bertz CT molecular complexity index is 1930. The highest BCUT2D eigenvalue weighted by Crippen LogP contribution is 2.28. The van der Waals surface area contributed by atoms with Crippen LogP contribution in [0.2, 0.25) is 5.02 Å². The summed E-state index contributed by atoms with van der Waals surface area (Å²) in [5.41, 5.74) is 2.09. The van der Waals surface area contributed by atoms with Gasteiger partial charge in [0.05, 0.1) is 45.3 Å². The molecule has 0 saturated heterocycles. The van der Waals surface area contributed by atoms with Gasteiger partial charge in [0.1, 0.15) is 12.2 Å². The van der Waals surface area contributed by atoms with Gasteiger partial charge < -0.3 is 10.6 Å². The predicted molar refractivity (Wildman–Crippen MR) is 157 cm³/mol. The lowest BCUT2D eigenvalue weighted by Crippen LogP contribution is -2.28. The quantitative estimate of drug-likeness (QED) is 0.230. The molecule has 5 aromatic rings. The van der Waals surface area contributed by atoms with Gasteiger partial charge in [-0.15, -0.1) is 10.2 Å². The molecule has 2 N–H and O–H groups in total. The van der Waals surface area contributed by atoms with Gasteiger partial charge >= 0.3 is 6.18 Å². The number of nitrogens with zero attached hydrogens (tertiary/aromatic N) is 7. The topological polar surface area (TPSA) is 143 Å². The maximum atomic E-state index is 13.8. The molecule has 1 atom stereocenters. The Morgan fingerprint density at radius 3 is 2.40 bits per heavy atom. The summed E-state index contributed by atoms with van der Waals surface area (Å²) in [6, 6.07) is 21.7. The third kappa shape index (κ3) is 6.84. The second kappa shape index (κ2) is 12.6. The summed E-state index contributed by atoms with van der Waals surface area (Å²) < 4.78 is 40.2. The Balaban J connectivity index is 1.50. The van der Waals surface area contributed by atoms with E-state index in [0.717, 1.165) is 5.56 Å². The molecular weight excluding hydrogens is 611 g/mol. The van der Waals surface area contributed by atoms with Gasteiger partial charge in [-0.1, -0.05) is 54.1 Å². The van der Waals surface area contributed by atoms with E-state index in [1.165, 1.54) is 22.9 Å². The zero-order chi connectivity index (χ0) is 32.3. The van der Waals surface area contributed by atoms with Crippen LogP contribution in [0.1, 0.15) is 62.0 Å². The number of aryl methyl sites for hydroxylation is 1. The lowest BCUT2D eigenvalue weighted by molar-refractivity contribution is -0.145. The van der Waals surface area contributed by atoms with E-state index >= 15 is 0 Å². The molecule has 3 aromatic carbocycles. The smallest absolute Gasteiger partial charge is 0.345 e. The lowest BCUT2D eigenvalue weighted by atomic mass is 10.0. The van der Waals surface area contributed by atoms with Crippen LogP contribution in [0, 0.1) is 18.3 Å². The van der Waals surface area contributed by atoms with Crippen LogP contribution in [0.25, 0.3) is 5.69 Å². The number of tetrazole rings is 1. The number of hydrogen-bond donors (Lipinski definition) is 2. The molecule has 0 saturated carbocycles. The molecule has 2 heterocycles. The normalized spacial score (nSPS) is 11.9. The largest absolute Gasteiger partial charge is 0.455 e. The fraction of sp³-hybridized carbons (Fsp3) is 0.167. The molecule has 0 aliphatic heterocycles. The molecule has 45 heavy (non-hydrogen) atoms. The monoisotopic (exact) mass is 633 g/mol. The van der Waals surface area contributed by atoms with Crippen molar-refractivity contribution in [2.24, 2.45) is 0 Å². The molecule has 228 valence electrons. The summed E-state index contributed by atoms with van der Waals surface area (Å²) in [5, 5.41) is 29.7.